The number of halogens is 2. The van der Waals surface area contributed by atoms with Crippen molar-refractivity contribution in [2.45, 2.75) is 20.5 Å². The molecule has 0 saturated heterocycles. The molecule has 116 valence electrons. The average molecular weight is 301 g/mol. The van der Waals surface area contributed by atoms with Crippen LogP contribution in [-0.2, 0) is 9.53 Å². The Morgan fingerprint density at radius 3 is 2.29 bits per heavy atom. The summed E-state index contributed by atoms with van der Waals surface area (Å²) in [7, 11) is 0. The molecule has 1 rings (SSSR count). The SMILES string of the molecule is CCOC(=O)CN(CC)C(=O)c1ccc(OC(F)F)cc1. The molecule has 0 spiro atoms. The van der Waals surface area contributed by atoms with Gasteiger partial charge in [-0.05, 0) is 38.1 Å². The van der Waals surface area contributed by atoms with Crippen molar-refractivity contribution < 1.29 is 27.8 Å². The molecular formula is C14H17F2NO4. The number of carbonyl (C=O) groups is 2. The fraction of sp³-hybridized carbons (Fsp3) is 0.429. The van der Waals surface area contributed by atoms with Gasteiger partial charge in [-0.1, -0.05) is 0 Å². The van der Waals surface area contributed by atoms with E-state index >= 15 is 0 Å². The summed E-state index contributed by atoms with van der Waals surface area (Å²) >= 11 is 0. The van der Waals surface area contributed by atoms with Crippen LogP contribution >= 0.6 is 0 Å². The summed E-state index contributed by atoms with van der Waals surface area (Å²) in [6.07, 6.45) is 0. The van der Waals surface area contributed by atoms with Gasteiger partial charge in [0.25, 0.3) is 5.91 Å². The highest BCUT2D eigenvalue weighted by molar-refractivity contribution is 5.96. The summed E-state index contributed by atoms with van der Waals surface area (Å²) in [6, 6.07) is 5.29. The first-order chi connectivity index (χ1) is 9.97. The van der Waals surface area contributed by atoms with Crippen LogP contribution in [0, 0.1) is 0 Å². The average Bonchev–Trinajstić information content (AvgIpc) is 2.44. The van der Waals surface area contributed by atoms with E-state index in [0.29, 0.717) is 6.54 Å². The quantitative estimate of drug-likeness (QED) is 0.725. The molecule has 0 N–H and O–H groups in total. The molecule has 0 heterocycles. The molecule has 1 aromatic rings. The third kappa shape index (κ3) is 5.37. The first-order valence-corrected chi connectivity index (χ1v) is 6.47. The van der Waals surface area contributed by atoms with Gasteiger partial charge in [-0.2, -0.15) is 8.78 Å². The molecule has 7 heteroatoms. The van der Waals surface area contributed by atoms with E-state index in [0.717, 1.165) is 0 Å². The van der Waals surface area contributed by atoms with Crippen molar-refractivity contribution in [3.8, 4) is 5.75 Å². The smallest absolute Gasteiger partial charge is 0.387 e. The third-order valence-electron chi connectivity index (χ3n) is 2.62. The lowest BCUT2D eigenvalue weighted by Gasteiger charge is -2.19. The van der Waals surface area contributed by atoms with Gasteiger partial charge in [0.2, 0.25) is 0 Å². The summed E-state index contributed by atoms with van der Waals surface area (Å²) in [6.45, 7) is 0.904. The van der Waals surface area contributed by atoms with Crippen LogP contribution in [0.3, 0.4) is 0 Å². The minimum Gasteiger partial charge on any atom is -0.465 e. The van der Waals surface area contributed by atoms with Crippen molar-refractivity contribution >= 4 is 11.9 Å². The standard InChI is InChI=1S/C14H17F2NO4/c1-3-17(9-12(18)20-4-2)13(19)10-5-7-11(8-6-10)21-14(15)16/h5-8,14H,3-4,9H2,1-2H3. The maximum absolute atomic E-state index is 12.2. The molecule has 0 atom stereocenters. The normalized spacial score (nSPS) is 10.3. The number of carbonyl (C=O) groups excluding carboxylic acids is 2. The molecule has 21 heavy (non-hydrogen) atoms. The molecule has 0 fully saturated rings. The summed E-state index contributed by atoms with van der Waals surface area (Å²) in [4.78, 5) is 24.9. The Morgan fingerprint density at radius 2 is 1.81 bits per heavy atom. The van der Waals surface area contributed by atoms with Crippen LogP contribution in [0.4, 0.5) is 8.78 Å². The van der Waals surface area contributed by atoms with Crippen LogP contribution in [0.5, 0.6) is 5.75 Å². The Bertz CT molecular complexity index is 476. The number of esters is 1. The molecule has 1 aromatic carbocycles. The molecule has 0 bridgehead atoms. The monoisotopic (exact) mass is 301 g/mol. The fourth-order valence-corrected chi connectivity index (χ4v) is 1.65. The van der Waals surface area contributed by atoms with Crippen LogP contribution < -0.4 is 4.74 Å². The lowest BCUT2D eigenvalue weighted by Crippen LogP contribution is -2.36. The molecular weight excluding hydrogens is 284 g/mol. The number of rotatable bonds is 7. The second-order valence-corrected chi connectivity index (χ2v) is 4.03. The van der Waals surface area contributed by atoms with Crippen molar-refractivity contribution in [1.29, 1.82) is 0 Å². The van der Waals surface area contributed by atoms with E-state index < -0.39 is 12.6 Å². The maximum Gasteiger partial charge on any atom is 0.387 e. The van der Waals surface area contributed by atoms with E-state index in [9.17, 15) is 18.4 Å². The molecule has 0 aliphatic heterocycles. The van der Waals surface area contributed by atoms with Gasteiger partial charge in [0.1, 0.15) is 12.3 Å². The van der Waals surface area contributed by atoms with Gasteiger partial charge in [0.15, 0.2) is 0 Å². The van der Waals surface area contributed by atoms with Crippen LogP contribution in [0.1, 0.15) is 24.2 Å². The van der Waals surface area contributed by atoms with E-state index in [2.05, 4.69) is 4.74 Å². The first-order valence-electron chi connectivity index (χ1n) is 6.47. The lowest BCUT2D eigenvalue weighted by molar-refractivity contribution is -0.143. The van der Waals surface area contributed by atoms with Crippen LogP contribution in [0.15, 0.2) is 24.3 Å². The van der Waals surface area contributed by atoms with Gasteiger partial charge < -0.3 is 14.4 Å². The predicted octanol–water partition coefficient (Wildman–Crippen LogP) is 2.31. The largest absolute Gasteiger partial charge is 0.465 e. The Hall–Kier alpha value is -2.18. The van der Waals surface area contributed by atoms with Crippen molar-refractivity contribution in [2.24, 2.45) is 0 Å². The van der Waals surface area contributed by atoms with E-state index in [4.69, 9.17) is 4.74 Å². The van der Waals surface area contributed by atoms with E-state index in [-0.39, 0.29) is 30.4 Å². The molecule has 0 aliphatic rings. The van der Waals surface area contributed by atoms with Gasteiger partial charge in [0.05, 0.1) is 6.61 Å². The number of benzene rings is 1. The van der Waals surface area contributed by atoms with Crippen LogP contribution in [0.2, 0.25) is 0 Å². The number of hydrogen-bond acceptors (Lipinski definition) is 4. The molecule has 0 aliphatic carbocycles. The topological polar surface area (TPSA) is 55.8 Å². The zero-order valence-electron chi connectivity index (χ0n) is 11.8. The number of hydrogen-bond donors (Lipinski definition) is 0. The number of likely N-dealkylation sites (N-methyl/N-ethyl adjacent to an activating group) is 1. The number of nitrogens with zero attached hydrogens (tertiary/aromatic N) is 1. The lowest BCUT2D eigenvalue weighted by atomic mass is 10.2. The minimum atomic E-state index is -2.91. The van der Waals surface area contributed by atoms with Gasteiger partial charge in [-0.25, -0.2) is 0 Å². The third-order valence-corrected chi connectivity index (χ3v) is 2.62. The highest BCUT2D eigenvalue weighted by Gasteiger charge is 2.18. The zero-order valence-corrected chi connectivity index (χ0v) is 11.8. The molecule has 0 radical (unpaired) electrons. The first kappa shape index (κ1) is 16.9. The Balaban J connectivity index is 2.73. The second-order valence-electron chi connectivity index (χ2n) is 4.03. The van der Waals surface area contributed by atoms with Crippen molar-refractivity contribution in [3.05, 3.63) is 29.8 Å². The molecule has 0 aromatic heterocycles. The zero-order chi connectivity index (χ0) is 15.8. The fourth-order valence-electron chi connectivity index (χ4n) is 1.65. The molecule has 1 amide bonds. The van der Waals surface area contributed by atoms with Crippen molar-refractivity contribution in [1.82, 2.24) is 4.90 Å². The molecule has 5 nitrogen and oxygen atoms in total. The van der Waals surface area contributed by atoms with E-state index in [1.165, 1.54) is 29.2 Å². The highest BCUT2D eigenvalue weighted by Crippen LogP contribution is 2.16. The van der Waals surface area contributed by atoms with Crippen molar-refractivity contribution in [2.75, 3.05) is 19.7 Å². The summed E-state index contributed by atoms with van der Waals surface area (Å²) in [5.41, 5.74) is 0.280. The summed E-state index contributed by atoms with van der Waals surface area (Å²) in [5.74, 6) is -0.908. The van der Waals surface area contributed by atoms with E-state index in [1.807, 2.05) is 0 Å². The number of amides is 1. The van der Waals surface area contributed by atoms with Gasteiger partial charge >= 0.3 is 12.6 Å². The summed E-state index contributed by atoms with van der Waals surface area (Å²) < 4.78 is 33.0. The predicted molar refractivity (Wildman–Crippen MR) is 71.3 cm³/mol. The van der Waals surface area contributed by atoms with Crippen LogP contribution in [-0.4, -0.2) is 43.1 Å². The Kier molecular flexibility index (Phi) is 6.58. The number of alkyl halides is 2. The minimum absolute atomic E-state index is 0.0324. The molecule has 0 unspecified atom stereocenters. The number of ether oxygens (including phenoxy) is 2. The Morgan fingerprint density at radius 1 is 1.19 bits per heavy atom. The van der Waals surface area contributed by atoms with Crippen molar-refractivity contribution in [3.63, 3.8) is 0 Å². The van der Waals surface area contributed by atoms with Crippen LogP contribution in [0.25, 0.3) is 0 Å². The maximum atomic E-state index is 12.2. The second kappa shape index (κ2) is 8.18. The highest BCUT2D eigenvalue weighted by atomic mass is 19.3. The van der Waals surface area contributed by atoms with Gasteiger partial charge in [-0.15, -0.1) is 0 Å². The van der Waals surface area contributed by atoms with E-state index in [1.54, 1.807) is 13.8 Å². The summed E-state index contributed by atoms with van der Waals surface area (Å²) in [5, 5.41) is 0. The van der Waals surface area contributed by atoms with Gasteiger partial charge in [-0.3, -0.25) is 9.59 Å². The van der Waals surface area contributed by atoms with Gasteiger partial charge in [0, 0.05) is 12.1 Å². The Labute approximate surface area is 121 Å². The molecule has 0 saturated carbocycles.